The Morgan fingerprint density at radius 3 is 1.88 bits per heavy atom. The molecule has 6 heteroatoms. The molecule has 2 N–H and O–H groups in total. The van der Waals surface area contributed by atoms with Crippen LogP contribution in [-0.4, -0.2) is 19.8 Å². The Balaban J connectivity index is 1.95. The molecule has 0 aliphatic carbocycles. The first kappa shape index (κ1) is 21.8. The van der Waals surface area contributed by atoms with Crippen molar-refractivity contribution in [3.05, 3.63) is 108 Å². The van der Waals surface area contributed by atoms with Gasteiger partial charge in [0.25, 0.3) is 11.3 Å². The van der Waals surface area contributed by atoms with E-state index in [0.717, 1.165) is 27.1 Å². The minimum absolute atomic E-state index is 0.129. The van der Waals surface area contributed by atoms with Crippen LogP contribution < -0.4 is 4.31 Å². The first-order chi connectivity index (χ1) is 16.5. The van der Waals surface area contributed by atoms with E-state index in [-0.39, 0.29) is 5.56 Å². The topological polar surface area (TPSA) is 77.8 Å². The molecule has 0 aliphatic rings. The maximum atomic E-state index is 12.7. The van der Waals surface area contributed by atoms with E-state index in [1.54, 1.807) is 30.3 Å². The molecule has 168 valence electrons. The van der Waals surface area contributed by atoms with Crippen LogP contribution in [-0.2, 0) is 11.3 Å². The number of carboxylic acid groups (broad SMARTS) is 1. The maximum Gasteiger partial charge on any atom is 0.336 e. The zero-order valence-corrected chi connectivity index (χ0v) is 19.1. The molecule has 0 aliphatic heterocycles. The van der Waals surface area contributed by atoms with Crippen LogP contribution in [0.15, 0.2) is 97.1 Å². The first-order valence-electron chi connectivity index (χ1n) is 10.7. The van der Waals surface area contributed by atoms with Crippen LogP contribution in [0.25, 0.3) is 32.7 Å². The first-order valence-corrected chi connectivity index (χ1v) is 11.8. The van der Waals surface area contributed by atoms with Crippen LogP contribution in [0.4, 0.5) is 11.4 Å². The Kier molecular flexibility index (Phi) is 5.61. The molecule has 0 bridgehead atoms. The van der Waals surface area contributed by atoms with Crippen LogP contribution in [0.1, 0.15) is 15.9 Å². The van der Waals surface area contributed by atoms with Crippen LogP contribution in [0.2, 0.25) is 0 Å². The van der Waals surface area contributed by atoms with Gasteiger partial charge < -0.3 is 5.11 Å². The molecule has 0 radical (unpaired) electrons. The van der Waals surface area contributed by atoms with Gasteiger partial charge in [-0.15, -0.1) is 0 Å². The summed E-state index contributed by atoms with van der Waals surface area (Å²) in [5.74, 6) is -1.06. The van der Waals surface area contributed by atoms with Gasteiger partial charge >= 0.3 is 5.97 Å². The Labute approximate surface area is 199 Å². The number of hydrogen-bond donors (Lipinski definition) is 2. The van der Waals surface area contributed by atoms with Crippen molar-refractivity contribution in [3.8, 4) is 11.1 Å². The van der Waals surface area contributed by atoms with E-state index in [4.69, 9.17) is 0 Å². The van der Waals surface area contributed by atoms with E-state index < -0.39 is 17.2 Å². The molecule has 5 aromatic carbocycles. The highest BCUT2D eigenvalue weighted by Gasteiger charge is 2.25. The van der Waals surface area contributed by atoms with E-state index in [1.807, 2.05) is 73.7 Å². The van der Waals surface area contributed by atoms with Crippen molar-refractivity contribution < 1.29 is 18.7 Å². The van der Waals surface area contributed by atoms with Crippen molar-refractivity contribution in [1.82, 2.24) is 0 Å². The molecule has 1 atom stereocenters. The summed E-state index contributed by atoms with van der Waals surface area (Å²) in [5, 5.41) is 13.5. The monoisotopic (exact) mass is 467 g/mol. The molecule has 0 spiro atoms. The third-order valence-corrected chi connectivity index (χ3v) is 6.68. The summed E-state index contributed by atoms with van der Waals surface area (Å²) < 4.78 is 24.4. The van der Waals surface area contributed by atoms with Crippen molar-refractivity contribution in [2.75, 3.05) is 4.31 Å². The number of nitrogens with zero attached hydrogens (tertiary/aromatic N) is 1. The number of carboxylic acids is 1. The lowest BCUT2D eigenvalue weighted by Gasteiger charge is -2.25. The Morgan fingerprint density at radius 2 is 1.29 bits per heavy atom. The van der Waals surface area contributed by atoms with E-state index in [2.05, 4.69) is 0 Å². The second-order valence-corrected chi connectivity index (χ2v) is 8.88. The molecule has 0 fully saturated rings. The molecule has 0 heterocycles. The minimum atomic E-state index is -2.40. The summed E-state index contributed by atoms with van der Waals surface area (Å²) in [7, 11) is 0. The van der Waals surface area contributed by atoms with E-state index >= 15 is 0 Å². The molecule has 34 heavy (non-hydrogen) atoms. The average molecular weight is 468 g/mol. The number of anilines is 2. The summed E-state index contributed by atoms with van der Waals surface area (Å²) in [6.45, 7) is 1.95. The van der Waals surface area contributed by atoms with Crippen LogP contribution in [0.5, 0.6) is 0 Å². The smallest absolute Gasteiger partial charge is 0.336 e. The van der Waals surface area contributed by atoms with Gasteiger partial charge in [-0.3, -0.25) is 4.55 Å². The number of benzene rings is 5. The van der Waals surface area contributed by atoms with E-state index in [1.165, 1.54) is 4.31 Å². The molecule has 0 saturated carbocycles. The third-order valence-electron chi connectivity index (χ3n) is 5.96. The zero-order valence-electron chi connectivity index (χ0n) is 18.3. The number of rotatable bonds is 5. The minimum Gasteiger partial charge on any atom is -0.478 e. The number of carbonyl (C=O) groups is 1. The standard InChI is InChI=1S/C28H21NO4S/c1-18-10-14-21(15-11-18)29(34(32)33)25-17-13-20-7-3-5-9-23(20)27(25)26-22-8-4-2-6-19(22)12-16-24(26)28(30)31/h2-17H,1H3,(H,30,31)(H,32,33). The predicted octanol–water partition coefficient (Wildman–Crippen LogP) is 6.94. The highest BCUT2D eigenvalue weighted by Crippen LogP contribution is 2.45. The van der Waals surface area contributed by atoms with Gasteiger partial charge in [0.15, 0.2) is 0 Å². The second-order valence-electron chi connectivity index (χ2n) is 8.06. The average Bonchev–Trinajstić information content (AvgIpc) is 2.84. The van der Waals surface area contributed by atoms with Gasteiger partial charge in [0, 0.05) is 11.1 Å². The van der Waals surface area contributed by atoms with Crippen LogP contribution >= 0.6 is 0 Å². The van der Waals surface area contributed by atoms with Gasteiger partial charge in [-0.05, 0) is 52.7 Å². The van der Waals surface area contributed by atoms with Gasteiger partial charge in [-0.25, -0.2) is 13.3 Å². The molecular weight excluding hydrogens is 446 g/mol. The van der Waals surface area contributed by atoms with Crippen molar-refractivity contribution >= 4 is 50.2 Å². The second kappa shape index (κ2) is 8.74. The highest BCUT2D eigenvalue weighted by molar-refractivity contribution is 7.81. The normalized spacial score (nSPS) is 12.1. The van der Waals surface area contributed by atoms with Gasteiger partial charge in [0.1, 0.15) is 0 Å². The van der Waals surface area contributed by atoms with Gasteiger partial charge in [-0.2, -0.15) is 0 Å². The SMILES string of the molecule is Cc1ccc(N(c2ccc3ccccc3c2-c2c(C(=O)O)ccc3ccccc23)S(=O)O)cc1. The van der Waals surface area contributed by atoms with Gasteiger partial charge in [-0.1, -0.05) is 78.4 Å². The van der Waals surface area contributed by atoms with E-state index in [0.29, 0.717) is 22.5 Å². The molecular formula is C28H21NO4S. The van der Waals surface area contributed by atoms with Crippen molar-refractivity contribution in [2.24, 2.45) is 0 Å². The molecule has 1 unspecified atom stereocenters. The predicted molar refractivity (Wildman–Crippen MR) is 138 cm³/mol. The van der Waals surface area contributed by atoms with Crippen LogP contribution in [0, 0.1) is 6.92 Å². The third kappa shape index (κ3) is 3.73. The molecule has 0 saturated heterocycles. The van der Waals surface area contributed by atoms with Crippen molar-refractivity contribution in [3.63, 3.8) is 0 Å². The largest absolute Gasteiger partial charge is 0.478 e. The fourth-order valence-corrected chi connectivity index (χ4v) is 5.03. The molecule has 5 rings (SSSR count). The quantitative estimate of drug-likeness (QED) is 0.274. The summed E-state index contributed by atoms with van der Waals surface area (Å²) in [5.41, 5.74) is 3.23. The number of hydrogen-bond acceptors (Lipinski definition) is 2. The van der Waals surface area contributed by atoms with Gasteiger partial charge in [0.05, 0.1) is 16.9 Å². The fourth-order valence-electron chi connectivity index (χ4n) is 4.40. The Bertz CT molecular complexity index is 1580. The molecule has 5 aromatic rings. The maximum absolute atomic E-state index is 12.7. The summed E-state index contributed by atoms with van der Waals surface area (Å²) in [6.07, 6.45) is 0. The lowest BCUT2D eigenvalue weighted by molar-refractivity contribution is 0.0698. The molecule has 0 amide bonds. The number of aromatic carboxylic acids is 1. The Hall–Kier alpha value is -4.00. The zero-order chi connectivity index (χ0) is 23.8. The lowest BCUT2D eigenvalue weighted by atomic mass is 9.89. The van der Waals surface area contributed by atoms with Gasteiger partial charge in [0.2, 0.25) is 0 Å². The number of fused-ring (bicyclic) bond motifs is 2. The summed E-state index contributed by atoms with van der Waals surface area (Å²) >= 11 is -2.40. The van der Waals surface area contributed by atoms with Crippen LogP contribution in [0.3, 0.4) is 0 Å². The van der Waals surface area contributed by atoms with Crippen molar-refractivity contribution in [1.29, 1.82) is 0 Å². The summed E-state index contributed by atoms with van der Waals surface area (Å²) in [6, 6.07) is 29.6. The fraction of sp³-hybridized carbons (Fsp3) is 0.0357. The summed E-state index contributed by atoms with van der Waals surface area (Å²) in [4.78, 5) is 12.4. The molecule has 0 aromatic heterocycles. The lowest BCUT2D eigenvalue weighted by Crippen LogP contribution is -2.20. The van der Waals surface area contributed by atoms with Crippen molar-refractivity contribution in [2.45, 2.75) is 6.92 Å². The molecule has 5 nitrogen and oxygen atoms in total. The highest BCUT2D eigenvalue weighted by atomic mass is 32.2. The Morgan fingerprint density at radius 1 is 0.735 bits per heavy atom. The number of aryl methyl sites for hydroxylation is 1. The van der Waals surface area contributed by atoms with E-state index in [9.17, 15) is 18.7 Å².